The first-order chi connectivity index (χ1) is 6.65. The highest BCUT2D eigenvalue weighted by Gasteiger charge is 2.12. The summed E-state index contributed by atoms with van der Waals surface area (Å²) in [5.41, 5.74) is -0.123. The van der Waals surface area contributed by atoms with Crippen molar-refractivity contribution in [2.75, 3.05) is 0 Å². The van der Waals surface area contributed by atoms with Gasteiger partial charge < -0.3 is 0 Å². The number of nitrogens with zero attached hydrogens (tertiary/aromatic N) is 2. The van der Waals surface area contributed by atoms with Gasteiger partial charge in [0.15, 0.2) is 0 Å². The molecule has 0 saturated carbocycles. The highest BCUT2D eigenvalue weighted by Crippen LogP contribution is 2.21. The minimum absolute atomic E-state index is 0.103. The molecule has 1 aromatic heterocycles. The molecule has 0 spiro atoms. The van der Waals surface area contributed by atoms with Gasteiger partial charge in [0.2, 0.25) is 0 Å². The largest absolute Gasteiger partial charge is 0.299 e. The van der Waals surface area contributed by atoms with Crippen LogP contribution in [-0.4, -0.2) is 16.2 Å². The van der Waals surface area contributed by atoms with E-state index in [0.29, 0.717) is 6.29 Å². The van der Waals surface area contributed by atoms with Gasteiger partial charge in [-0.15, -0.1) is 0 Å². The Labute approximate surface area is 84.2 Å². The van der Waals surface area contributed by atoms with Crippen LogP contribution in [0.3, 0.4) is 0 Å². The molecule has 0 aliphatic carbocycles. The van der Waals surface area contributed by atoms with Crippen molar-refractivity contribution in [1.82, 2.24) is 4.98 Å². The number of aromatic nitrogens is 1. The lowest BCUT2D eigenvalue weighted by molar-refractivity contribution is -0.385. The summed E-state index contributed by atoms with van der Waals surface area (Å²) in [5.74, 6) is 0. The molecule has 0 aliphatic heterocycles. The van der Waals surface area contributed by atoms with Crippen molar-refractivity contribution in [2.45, 2.75) is 0 Å². The Morgan fingerprint density at radius 3 is 2.86 bits per heavy atom. The number of nitro groups is 1. The molecule has 0 aromatic carbocycles. The summed E-state index contributed by atoms with van der Waals surface area (Å²) in [6.07, 6.45) is 4.17. The van der Waals surface area contributed by atoms with E-state index in [1.54, 1.807) is 0 Å². The number of rotatable bonds is 3. The molecule has 0 fully saturated rings. The van der Waals surface area contributed by atoms with Crippen LogP contribution in [-0.2, 0) is 4.79 Å². The Morgan fingerprint density at radius 1 is 1.57 bits per heavy atom. The minimum Gasteiger partial charge on any atom is -0.299 e. The van der Waals surface area contributed by atoms with Gasteiger partial charge in [-0.3, -0.25) is 14.9 Å². The van der Waals surface area contributed by atoms with Gasteiger partial charge in [0.1, 0.15) is 12.0 Å². The summed E-state index contributed by atoms with van der Waals surface area (Å²) in [6, 6.07) is 1.18. The third-order valence-electron chi connectivity index (χ3n) is 1.39. The smallest absolute Gasteiger partial charge is 0.296 e. The zero-order valence-electron chi connectivity index (χ0n) is 6.88. The van der Waals surface area contributed by atoms with Gasteiger partial charge in [-0.1, -0.05) is 11.6 Å². The van der Waals surface area contributed by atoms with Crippen molar-refractivity contribution in [3.63, 3.8) is 0 Å². The SMILES string of the molecule is O=CC=Cc1ncc(Cl)cc1[N+](=O)[O-]. The number of carbonyl (C=O) groups is 1. The molecule has 6 heteroatoms. The molecule has 0 unspecified atom stereocenters. The van der Waals surface area contributed by atoms with Crippen molar-refractivity contribution in [1.29, 1.82) is 0 Å². The van der Waals surface area contributed by atoms with Crippen LogP contribution in [0.15, 0.2) is 18.3 Å². The second-order valence-corrected chi connectivity index (χ2v) is 2.75. The molecule has 5 nitrogen and oxygen atoms in total. The minimum atomic E-state index is -0.608. The fourth-order valence-corrected chi connectivity index (χ4v) is 0.996. The molecule has 1 aromatic rings. The van der Waals surface area contributed by atoms with E-state index in [1.807, 2.05) is 0 Å². The second-order valence-electron chi connectivity index (χ2n) is 2.31. The van der Waals surface area contributed by atoms with Crippen LogP contribution in [0, 0.1) is 10.1 Å². The predicted molar refractivity (Wildman–Crippen MR) is 51.0 cm³/mol. The van der Waals surface area contributed by atoms with Crippen molar-refractivity contribution >= 4 is 29.7 Å². The Bertz CT molecular complexity index is 404. The first-order valence-electron chi connectivity index (χ1n) is 3.57. The van der Waals surface area contributed by atoms with Crippen molar-refractivity contribution in [3.8, 4) is 0 Å². The number of aldehydes is 1. The zero-order chi connectivity index (χ0) is 10.6. The lowest BCUT2D eigenvalue weighted by Gasteiger charge is -1.96. The molecule has 0 N–H and O–H groups in total. The third-order valence-corrected chi connectivity index (χ3v) is 1.60. The van der Waals surface area contributed by atoms with Crippen molar-refractivity contribution in [2.24, 2.45) is 0 Å². The summed E-state index contributed by atoms with van der Waals surface area (Å²) in [4.78, 5) is 23.6. The average molecular weight is 213 g/mol. The topological polar surface area (TPSA) is 73.1 Å². The fourth-order valence-electron chi connectivity index (χ4n) is 0.844. The van der Waals surface area contributed by atoms with Gasteiger partial charge in [0.25, 0.3) is 5.69 Å². The van der Waals surface area contributed by atoms with Gasteiger partial charge in [-0.25, -0.2) is 4.98 Å². The quantitative estimate of drug-likeness (QED) is 0.332. The van der Waals surface area contributed by atoms with Crippen molar-refractivity contribution < 1.29 is 9.72 Å². The molecule has 0 atom stereocenters. The molecule has 0 amide bonds. The van der Waals surface area contributed by atoms with E-state index in [2.05, 4.69) is 4.98 Å². The van der Waals surface area contributed by atoms with Crippen LogP contribution in [0.2, 0.25) is 5.02 Å². The van der Waals surface area contributed by atoms with Crippen LogP contribution in [0.25, 0.3) is 6.08 Å². The molecule has 1 heterocycles. The monoisotopic (exact) mass is 212 g/mol. The highest BCUT2D eigenvalue weighted by molar-refractivity contribution is 6.30. The lowest BCUT2D eigenvalue weighted by Crippen LogP contribution is -1.93. The second kappa shape index (κ2) is 4.48. The van der Waals surface area contributed by atoms with Gasteiger partial charge in [-0.05, 0) is 12.2 Å². The molecule has 0 bridgehead atoms. The van der Waals surface area contributed by atoms with Gasteiger partial charge in [0, 0.05) is 12.3 Å². The van der Waals surface area contributed by atoms with Crippen molar-refractivity contribution in [3.05, 3.63) is 39.2 Å². The number of hydrogen-bond donors (Lipinski definition) is 0. The van der Waals surface area contributed by atoms with Gasteiger partial charge in [-0.2, -0.15) is 0 Å². The molecule has 1 rings (SSSR count). The third kappa shape index (κ3) is 2.37. The maximum atomic E-state index is 10.5. The number of allylic oxidation sites excluding steroid dienone is 1. The number of carbonyl (C=O) groups excluding carboxylic acids is 1. The normalized spacial score (nSPS) is 10.4. The summed E-state index contributed by atoms with van der Waals surface area (Å²) >= 11 is 5.53. The zero-order valence-corrected chi connectivity index (χ0v) is 7.64. The van der Waals surface area contributed by atoms with Crippen LogP contribution in [0.1, 0.15) is 5.69 Å². The average Bonchev–Trinajstić information content (AvgIpc) is 2.15. The number of hydrogen-bond acceptors (Lipinski definition) is 4. The van der Waals surface area contributed by atoms with E-state index >= 15 is 0 Å². The number of pyridine rings is 1. The summed E-state index contributed by atoms with van der Waals surface area (Å²) < 4.78 is 0. The van der Waals surface area contributed by atoms with Crippen LogP contribution < -0.4 is 0 Å². The van der Waals surface area contributed by atoms with Crippen LogP contribution in [0.5, 0.6) is 0 Å². The maximum absolute atomic E-state index is 10.5. The van der Waals surface area contributed by atoms with E-state index in [9.17, 15) is 14.9 Å². The summed E-state index contributed by atoms with van der Waals surface area (Å²) in [7, 11) is 0. The first-order valence-corrected chi connectivity index (χ1v) is 3.94. The summed E-state index contributed by atoms with van der Waals surface area (Å²) in [5, 5.41) is 10.7. The van der Waals surface area contributed by atoms with E-state index in [4.69, 9.17) is 11.6 Å². The van der Waals surface area contributed by atoms with E-state index < -0.39 is 4.92 Å². The predicted octanol–water partition coefficient (Wildman–Crippen LogP) is 1.86. The molecular weight excluding hydrogens is 208 g/mol. The van der Waals surface area contributed by atoms with E-state index in [0.717, 1.165) is 6.08 Å². The Hall–Kier alpha value is -1.75. The van der Waals surface area contributed by atoms with E-state index in [1.165, 1.54) is 18.3 Å². The lowest BCUT2D eigenvalue weighted by atomic mass is 10.3. The van der Waals surface area contributed by atoms with Gasteiger partial charge >= 0.3 is 0 Å². The molecule has 72 valence electrons. The van der Waals surface area contributed by atoms with E-state index in [-0.39, 0.29) is 16.4 Å². The maximum Gasteiger partial charge on any atom is 0.296 e. The standard InChI is InChI=1S/C8H5ClN2O3/c9-6-4-8(11(13)14)7(10-5-6)2-1-3-12/h1-5H. The Balaban J connectivity index is 3.21. The highest BCUT2D eigenvalue weighted by atomic mass is 35.5. The fraction of sp³-hybridized carbons (Fsp3) is 0. The molecule has 0 radical (unpaired) electrons. The van der Waals surface area contributed by atoms with Crippen LogP contribution in [0.4, 0.5) is 5.69 Å². The molecule has 0 aliphatic rings. The number of halogens is 1. The Kier molecular flexibility index (Phi) is 3.30. The molecule has 14 heavy (non-hydrogen) atoms. The first kappa shape index (κ1) is 10.3. The molecule has 0 saturated heterocycles. The molecular formula is C8H5ClN2O3. The summed E-state index contributed by atoms with van der Waals surface area (Å²) in [6.45, 7) is 0. The Morgan fingerprint density at radius 2 is 2.29 bits per heavy atom. The van der Waals surface area contributed by atoms with Gasteiger partial charge in [0.05, 0.1) is 9.95 Å². The van der Waals surface area contributed by atoms with Crippen LogP contribution >= 0.6 is 11.6 Å².